The third-order valence-electron chi connectivity index (χ3n) is 4.25. The highest BCUT2D eigenvalue weighted by molar-refractivity contribution is 7.84. The Bertz CT molecular complexity index is 1130. The molecule has 1 aromatic carbocycles. The summed E-state index contributed by atoms with van der Waals surface area (Å²) >= 11 is 1.37. The molecule has 29 heavy (non-hydrogen) atoms. The Morgan fingerprint density at radius 3 is 2.86 bits per heavy atom. The SMILES string of the molecule is CS(=O)CCNc1ccc(CNc2nsc(-c3ccc4ncccc4c3)n2)cn1. The van der Waals surface area contributed by atoms with E-state index in [1.807, 2.05) is 42.6 Å². The predicted octanol–water partition coefficient (Wildman–Crippen LogP) is 3.55. The Balaban J connectivity index is 1.36. The number of aromatic nitrogens is 4. The highest BCUT2D eigenvalue weighted by atomic mass is 32.2. The summed E-state index contributed by atoms with van der Waals surface area (Å²) in [7, 11) is -0.803. The van der Waals surface area contributed by atoms with Crippen molar-refractivity contribution in [1.82, 2.24) is 19.3 Å². The van der Waals surface area contributed by atoms with E-state index < -0.39 is 10.8 Å². The van der Waals surface area contributed by atoms with Crippen molar-refractivity contribution in [3.8, 4) is 10.6 Å². The van der Waals surface area contributed by atoms with Gasteiger partial charge in [-0.3, -0.25) is 9.19 Å². The van der Waals surface area contributed by atoms with Crippen molar-refractivity contribution in [3.05, 3.63) is 60.4 Å². The van der Waals surface area contributed by atoms with E-state index in [4.69, 9.17) is 0 Å². The number of anilines is 2. The van der Waals surface area contributed by atoms with Crippen LogP contribution in [0.5, 0.6) is 0 Å². The minimum absolute atomic E-state index is 0.587. The number of pyridine rings is 2. The topological polar surface area (TPSA) is 92.7 Å². The fraction of sp³-hybridized carbons (Fsp3) is 0.200. The minimum Gasteiger partial charge on any atom is -0.369 e. The van der Waals surface area contributed by atoms with Crippen LogP contribution in [0.4, 0.5) is 11.8 Å². The second-order valence-corrected chi connectivity index (χ2v) is 8.75. The van der Waals surface area contributed by atoms with Crippen LogP contribution in [-0.4, -0.2) is 42.1 Å². The van der Waals surface area contributed by atoms with E-state index in [1.54, 1.807) is 12.5 Å². The maximum atomic E-state index is 11.1. The first-order valence-electron chi connectivity index (χ1n) is 9.09. The Morgan fingerprint density at radius 2 is 2.03 bits per heavy atom. The second kappa shape index (κ2) is 9.06. The van der Waals surface area contributed by atoms with Crippen molar-refractivity contribution in [2.45, 2.75) is 6.54 Å². The first-order chi connectivity index (χ1) is 14.2. The lowest BCUT2D eigenvalue weighted by molar-refractivity contribution is 0.687. The molecule has 0 saturated carbocycles. The molecule has 0 spiro atoms. The molecule has 0 aliphatic heterocycles. The van der Waals surface area contributed by atoms with E-state index in [9.17, 15) is 4.21 Å². The molecule has 3 heterocycles. The molecular formula is C20H20N6OS2. The molecule has 148 valence electrons. The summed E-state index contributed by atoms with van der Waals surface area (Å²) in [6.45, 7) is 1.23. The third kappa shape index (κ3) is 5.12. The average molecular weight is 425 g/mol. The van der Waals surface area contributed by atoms with Crippen LogP contribution in [0.15, 0.2) is 54.9 Å². The normalized spacial score (nSPS) is 12.0. The van der Waals surface area contributed by atoms with Gasteiger partial charge in [-0.1, -0.05) is 12.1 Å². The van der Waals surface area contributed by atoms with Crippen molar-refractivity contribution in [1.29, 1.82) is 0 Å². The van der Waals surface area contributed by atoms with Crippen LogP contribution in [0.25, 0.3) is 21.5 Å². The summed E-state index contributed by atoms with van der Waals surface area (Å²) in [6.07, 6.45) is 5.29. The molecule has 3 aromatic heterocycles. The predicted molar refractivity (Wildman–Crippen MR) is 120 cm³/mol. The van der Waals surface area contributed by atoms with Gasteiger partial charge in [-0.15, -0.1) is 0 Å². The van der Waals surface area contributed by atoms with Crippen LogP contribution in [0.3, 0.4) is 0 Å². The summed E-state index contributed by atoms with van der Waals surface area (Å²) < 4.78 is 15.5. The first kappa shape index (κ1) is 19.4. The molecule has 0 aliphatic rings. The lowest BCUT2D eigenvalue weighted by Gasteiger charge is -2.06. The molecular weight excluding hydrogens is 404 g/mol. The van der Waals surface area contributed by atoms with Gasteiger partial charge in [-0.25, -0.2) is 4.98 Å². The zero-order chi connectivity index (χ0) is 20.1. The van der Waals surface area contributed by atoms with E-state index in [0.29, 0.717) is 24.8 Å². The number of nitrogens with zero attached hydrogens (tertiary/aromatic N) is 4. The van der Waals surface area contributed by atoms with Gasteiger partial charge in [0.2, 0.25) is 5.95 Å². The molecule has 9 heteroatoms. The van der Waals surface area contributed by atoms with Crippen LogP contribution in [0.2, 0.25) is 0 Å². The van der Waals surface area contributed by atoms with E-state index in [0.717, 1.165) is 32.9 Å². The standard InChI is InChI=1S/C20H20N6OS2/c1-29(27)10-9-22-18-7-4-14(12-23-18)13-24-20-25-19(28-26-20)16-5-6-17-15(11-16)3-2-8-21-17/h2-8,11-12H,9-10,13H2,1H3,(H,22,23)(H,24,26). The maximum absolute atomic E-state index is 11.1. The molecule has 4 aromatic rings. The molecule has 1 atom stereocenters. The summed E-state index contributed by atoms with van der Waals surface area (Å²) in [5.74, 6) is 1.99. The first-order valence-corrected chi connectivity index (χ1v) is 11.6. The molecule has 1 unspecified atom stereocenters. The lowest BCUT2D eigenvalue weighted by Crippen LogP contribution is -2.11. The van der Waals surface area contributed by atoms with Gasteiger partial charge in [0.1, 0.15) is 10.8 Å². The number of hydrogen-bond donors (Lipinski definition) is 2. The van der Waals surface area contributed by atoms with Crippen LogP contribution in [-0.2, 0) is 17.3 Å². The molecule has 0 aliphatic carbocycles. The van der Waals surface area contributed by atoms with Crippen molar-refractivity contribution < 1.29 is 4.21 Å². The van der Waals surface area contributed by atoms with Gasteiger partial charge in [0.05, 0.1) is 5.52 Å². The van der Waals surface area contributed by atoms with Gasteiger partial charge in [-0.05, 0) is 47.4 Å². The molecule has 0 bridgehead atoms. The third-order valence-corrected chi connectivity index (χ3v) is 5.79. The lowest BCUT2D eigenvalue weighted by atomic mass is 10.1. The van der Waals surface area contributed by atoms with Gasteiger partial charge in [0, 0.05) is 59.2 Å². The monoisotopic (exact) mass is 424 g/mol. The number of benzene rings is 1. The Morgan fingerprint density at radius 1 is 1.10 bits per heavy atom. The van der Waals surface area contributed by atoms with Gasteiger partial charge in [0.15, 0.2) is 0 Å². The largest absolute Gasteiger partial charge is 0.369 e. The summed E-state index contributed by atoms with van der Waals surface area (Å²) in [5, 5.41) is 8.35. The Hall–Kier alpha value is -2.91. The van der Waals surface area contributed by atoms with E-state index in [1.165, 1.54) is 11.5 Å². The van der Waals surface area contributed by atoms with E-state index >= 15 is 0 Å². The molecule has 2 N–H and O–H groups in total. The Kier molecular flexibility index (Phi) is 6.06. The fourth-order valence-electron chi connectivity index (χ4n) is 2.76. The van der Waals surface area contributed by atoms with Crippen molar-refractivity contribution >= 4 is 45.0 Å². The number of fused-ring (bicyclic) bond motifs is 1. The van der Waals surface area contributed by atoms with Gasteiger partial charge < -0.3 is 10.6 Å². The molecule has 7 nitrogen and oxygen atoms in total. The number of hydrogen-bond acceptors (Lipinski definition) is 8. The molecule has 4 rings (SSSR count). The van der Waals surface area contributed by atoms with E-state index in [2.05, 4.69) is 36.0 Å². The van der Waals surface area contributed by atoms with Crippen LogP contribution in [0.1, 0.15) is 5.56 Å². The highest BCUT2D eigenvalue weighted by Gasteiger charge is 2.08. The summed E-state index contributed by atoms with van der Waals surface area (Å²) in [5.41, 5.74) is 3.02. The molecule has 0 fully saturated rings. The van der Waals surface area contributed by atoms with Crippen molar-refractivity contribution in [2.75, 3.05) is 29.2 Å². The molecule has 0 amide bonds. The van der Waals surface area contributed by atoms with Crippen LogP contribution in [0, 0.1) is 0 Å². The van der Waals surface area contributed by atoms with Gasteiger partial charge in [0.25, 0.3) is 0 Å². The second-order valence-electron chi connectivity index (χ2n) is 6.44. The zero-order valence-electron chi connectivity index (χ0n) is 15.8. The highest BCUT2D eigenvalue weighted by Crippen LogP contribution is 2.26. The maximum Gasteiger partial charge on any atom is 0.235 e. The van der Waals surface area contributed by atoms with Crippen LogP contribution >= 0.6 is 11.5 Å². The minimum atomic E-state index is -0.803. The smallest absolute Gasteiger partial charge is 0.235 e. The molecule has 0 radical (unpaired) electrons. The molecule has 0 saturated heterocycles. The fourth-order valence-corrected chi connectivity index (χ4v) is 3.79. The number of rotatable bonds is 8. The average Bonchev–Trinajstić information content (AvgIpc) is 3.22. The Labute approximate surface area is 175 Å². The number of nitrogens with one attached hydrogen (secondary N) is 2. The quantitative estimate of drug-likeness (QED) is 0.447. The summed E-state index contributed by atoms with van der Waals surface area (Å²) in [4.78, 5) is 13.3. The van der Waals surface area contributed by atoms with Crippen LogP contribution < -0.4 is 10.6 Å². The van der Waals surface area contributed by atoms with Gasteiger partial charge >= 0.3 is 0 Å². The zero-order valence-corrected chi connectivity index (χ0v) is 17.5. The van der Waals surface area contributed by atoms with Crippen molar-refractivity contribution in [3.63, 3.8) is 0 Å². The van der Waals surface area contributed by atoms with E-state index in [-0.39, 0.29) is 0 Å². The van der Waals surface area contributed by atoms with Crippen molar-refractivity contribution in [2.24, 2.45) is 0 Å². The summed E-state index contributed by atoms with van der Waals surface area (Å²) in [6, 6.07) is 14.0. The van der Waals surface area contributed by atoms with Gasteiger partial charge in [-0.2, -0.15) is 9.36 Å².